The fourth-order valence-electron chi connectivity index (χ4n) is 2.34. The number of thioether (sulfide) groups is 1. The van der Waals surface area contributed by atoms with Gasteiger partial charge in [-0.25, -0.2) is 10.5 Å². The molecule has 0 saturated carbocycles. The van der Waals surface area contributed by atoms with Crippen LogP contribution < -0.4 is 5.43 Å². The first kappa shape index (κ1) is 17.9. The molecule has 1 aromatic heterocycles. The molecular formula is C18H19N5O2S. The summed E-state index contributed by atoms with van der Waals surface area (Å²) < 4.78 is 4.97. The van der Waals surface area contributed by atoms with Crippen LogP contribution in [0.2, 0.25) is 0 Å². The second kappa shape index (κ2) is 8.48. The molecule has 8 heteroatoms. The summed E-state index contributed by atoms with van der Waals surface area (Å²) in [6, 6.07) is 14.2. The number of hydrogen-bond donors (Lipinski definition) is 2. The van der Waals surface area contributed by atoms with E-state index in [0.29, 0.717) is 17.7 Å². The number of aromatic nitrogens is 3. The average Bonchev–Trinajstić information content (AvgIpc) is 3.09. The van der Waals surface area contributed by atoms with Crippen molar-refractivity contribution in [2.75, 3.05) is 12.0 Å². The number of anilines is 1. The van der Waals surface area contributed by atoms with Gasteiger partial charge in [-0.2, -0.15) is 10.1 Å². The van der Waals surface area contributed by atoms with Crippen LogP contribution in [0.4, 0.5) is 5.95 Å². The minimum atomic E-state index is -0.377. The summed E-state index contributed by atoms with van der Waals surface area (Å²) in [4.78, 5) is 15.9. The zero-order valence-corrected chi connectivity index (χ0v) is 15.3. The van der Waals surface area contributed by atoms with E-state index in [4.69, 9.17) is 4.74 Å². The van der Waals surface area contributed by atoms with E-state index in [2.05, 4.69) is 43.9 Å². The highest BCUT2D eigenvalue weighted by atomic mass is 32.2. The Kier molecular flexibility index (Phi) is 5.85. The summed E-state index contributed by atoms with van der Waals surface area (Å²) in [6.45, 7) is 3.89. The molecule has 3 rings (SSSR count). The van der Waals surface area contributed by atoms with Gasteiger partial charge in [-0.15, -0.1) is 5.10 Å². The number of hydrogen-bond acceptors (Lipinski definition) is 7. The van der Waals surface area contributed by atoms with Crippen molar-refractivity contribution in [3.05, 3.63) is 48.0 Å². The van der Waals surface area contributed by atoms with E-state index < -0.39 is 0 Å². The number of carbonyl (C=O) groups excluding carboxylic acids is 1. The third-order valence-electron chi connectivity index (χ3n) is 3.56. The second-order valence-corrected chi connectivity index (χ2v) is 6.73. The monoisotopic (exact) mass is 369 g/mol. The number of benzene rings is 2. The Bertz CT molecular complexity index is 919. The Hall–Kier alpha value is -2.87. The van der Waals surface area contributed by atoms with Crippen molar-refractivity contribution in [1.82, 2.24) is 15.2 Å². The lowest BCUT2D eigenvalue weighted by atomic mass is 10.1. The number of H-pyrrole nitrogens is 1. The van der Waals surface area contributed by atoms with Crippen molar-refractivity contribution in [1.29, 1.82) is 0 Å². The van der Waals surface area contributed by atoms with Crippen LogP contribution in [0.15, 0.2) is 52.7 Å². The first-order valence-corrected chi connectivity index (χ1v) is 9.08. The molecule has 0 aliphatic heterocycles. The number of ether oxygens (including phenoxy) is 1. The minimum absolute atomic E-state index is 0.286. The van der Waals surface area contributed by atoms with Gasteiger partial charge in [-0.3, -0.25) is 4.79 Å². The van der Waals surface area contributed by atoms with E-state index >= 15 is 0 Å². The fraction of sp³-hybridized carbons (Fsp3) is 0.222. The van der Waals surface area contributed by atoms with Gasteiger partial charge in [0.15, 0.2) is 0 Å². The summed E-state index contributed by atoms with van der Waals surface area (Å²) in [5.74, 6) is 0.117. The highest BCUT2D eigenvalue weighted by Gasteiger charge is 2.17. The lowest BCUT2D eigenvalue weighted by Crippen LogP contribution is -2.16. The Labute approximate surface area is 155 Å². The SMILES string of the molecule is CCOC(=O)[C@H](C)Sc1n[nH]c(N/N=C\c2cccc3ccccc23)n1. The molecule has 0 aliphatic rings. The molecule has 0 spiro atoms. The van der Waals surface area contributed by atoms with Crippen LogP contribution in [-0.4, -0.2) is 39.2 Å². The van der Waals surface area contributed by atoms with Crippen molar-refractivity contribution in [2.45, 2.75) is 24.3 Å². The van der Waals surface area contributed by atoms with E-state index in [1.807, 2.05) is 24.3 Å². The standard InChI is InChI=1S/C18H19N5O2S/c1-3-25-16(24)12(2)26-18-20-17(22-23-18)21-19-11-14-9-6-8-13-7-4-5-10-15(13)14/h4-12H,3H2,1-2H3,(H2,20,21,22,23)/b19-11-/t12-/m0/s1. The number of nitrogens with zero attached hydrogens (tertiary/aromatic N) is 3. The van der Waals surface area contributed by atoms with E-state index in [9.17, 15) is 4.79 Å². The summed E-state index contributed by atoms with van der Waals surface area (Å²) in [5, 5.41) is 13.4. The smallest absolute Gasteiger partial charge is 0.319 e. The van der Waals surface area contributed by atoms with Crippen molar-refractivity contribution < 1.29 is 9.53 Å². The van der Waals surface area contributed by atoms with Gasteiger partial charge in [0.2, 0.25) is 11.1 Å². The lowest BCUT2D eigenvalue weighted by molar-refractivity contribution is -0.142. The number of aromatic amines is 1. The highest BCUT2D eigenvalue weighted by molar-refractivity contribution is 8.00. The number of esters is 1. The van der Waals surface area contributed by atoms with Gasteiger partial charge in [0, 0.05) is 5.56 Å². The third kappa shape index (κ3) is 4.40. The number of rotatable bonds is 7. The molecule has 0 radical (unpaired) electrons. The molecule has 0 bridgehead atoms. The molecule has 0 fully saturated rings. The van der Waals surface area contributed by atoms with E-state index in [-0.39, 0.29) is 11.2 Å². The highest BCUT2D eigenvalue weighted by Crippen LogP contribution is 2.21. The van der Waals surface area contributed by atoms with Crippen molar-refractivity contribution in [3.8, 4) is 0 Å². The van der Waals surface area contributed by atoms with Crippen molar-refractivity contribution in [2.24, 2.45) is 5.10 Å². The number of hydrazone groups is 1. The Balaban J connectivity index is 1.62. The predicted molar refractivity (Wildman–Crippen MR) is 103 cm³/mol. The number of fused-ring (bicyclic) bond motifs is 1. The van der Waals surface area contributed by atoms with Gasteiger partial charge in [0.25, 0.3) is 0 Å². The topological polar surface area (TPSA) is 92.3 Å². The van der Waals surface area contributed by atoms with Crippen LogP contribution in [-0.2, 0) is 9.53 Å². The zero-order chi connectivity index (χ0) is 18.4. The quantitative estimate of drug-likeness (QED) is 0.287. The second-order valence-electron chi connectivity index (χ2n) is 5.42. The first-order chi connectivity index (χ1) is 12.7. The molecule has 0 amide bonds. The summed E-state index contributed by atoms with van der Waals surface area (Å²) in [7, 11) is 0. The van der Waals surface area contributed by atoms with Crippen LogP contribution in [0.25, 0.3) is 10.8 Å². The minimum Gasteiger partial charge on any atom is -0.465 e. The Morgan fingerprint density at radius 3 is 3.00 bits per heavy atom. The normalized spacial score (nSPS) is 12.4. The molecule has 3 aromatic rings. The van der Waals surface area contributed by atoms with Gasteiger partial charge in [0.05, 0.1) is 12.8 Å². The van der Waals surface area contributed by atoms with E-state index in [1.54, 1.807) is 20.1 Å². The molecule has 0 saturated heterocycles. The Morgan fingerprint density at radius 1 is 1.35 bits per heavy atom. The lowest BCUT2D eigenvalue weighted by Gasteiger charge is -2.06. The zero-order valence-electron chi connectivity index (χ0n) is 14.5. The largest absolute Gasteiger partial charge is 0.465 e. The van der Waals surface area contributed by atoms with Crippen molar-refractivity contribution >= 4 is 40.7 Å². The van der Waals surface area contributed by atoms with Crippen LogP contribution in [0.5, 0.6) is 0 Å². The molecule has 2 N–H and O–H groups in total. The Morgan fingerprint density at radius 2 is 2.15 bits per heavy atom. The number of nitrogens with one attached hydrogen (secondary N) is 2. The van der Waals surface area contributed by atoms with Crippen LogP contribution >= 0.6 is 11.8 Å². The molecule has 134 valence electrons. The molecule has 2 aromatic carbocycles. The molecule has 0 unspecified atom stereocenters. The first-order valence-electron chi connectivity index (χ1n) is 8.20. The summed E-state index contributed by atoms with van der Waals surface area (Å²) >= 11 is 1.22. The van der Waals surface area contributed by atoms with Gasteiger partial charge in [0.1, 0.15) is 5.25 Å². The molecule has 7 nitrogen and oxygen atoms in total. The molecule has 0 aliphatic carbocycles. The fourth-order valence-corrected chi connectivity index (χ4v) is 3.06. The van der Waals surface area contributed by atoms with Gasteiger partial charge in [-0.05, 0) is 24.6 Å². The van der Waals surface area contributed by atoms with Gasteiger partial charge >= 0.3 is 5.97 Å². The third-order valence-corrected chi connectivity index (χ3v) is 4.50. The van der Waals surface area contributed by atoms with Crippen LogP contribution in [0, 0.1) is 0 Å². The van der Waals surface area contributed by atoms with Gasteiger partial charge in [-0.1, -0.05) is 54.2 Å². The van der Waals surface area contributed by atoms with Crippen molar-refractivity contribution in [3.63, 3.8) is 0 Å². The predicted octanol–water partition coefficient (Wildman–Crippen LogP) is 3.45. The summed E-state index contributed by atoms with van der Waals surface area (Å²) in [5.41, 5.74) is 3.82. The summed E-state index contributed by atoms with van der Waals surface area (Å²) in [6.07, 6.45) is 1.74. The molecule has 1 heterocycles. The van der Waals surface area contributed by atoms with Crippen LogP contribution in [0.3, 0.4) is 0 Å². The maximum atomic E-state index is 11.6. The van der Waals surface area contributed by atoms with Crippen LogP contribution in [0.1, 0.15) is 19.4 Å². The molecule has 26 heavy (non-hydrogen) atoms. The number of carbonyl (C=O) groups is 1. The molecular weight excluding hydrogens is 350 g/mol. The average molecular weight is 369 g/mol. The van der Waals surface area contributed by atoms with E-state index in [1.165, 1.54) is 11.8 Å². The molecule has 1 atom stereocenters. The maximum Gasteiger partial charge on any atom is 0.319 e. The van der Waals surface area contributed by atoms with E-state index in [0.717, 1.165) is 16.3 Å². The van der Waals surface area contributed by atoms with Gasteiger partial charge < -0.3 is 4.74 Å². The maximum absolute atomic E-state index is 11.6.